The van der Waals surface area contributed by atoms with Gasteiger partial charge in [-0.3, -0.25) is 4.79 Å². The highest BCUT2D eigenvalue weighted by atomic mass is 19.1. The highest BCUT2D eigenvalue weighted by Gasteiger charge is 2.23. The summed E-state index contributed by atoms with van der Waals surface area (Å²) in [6, 6.07) is 11.8. The van der Waals surface area contributed by atoms with Crippen molar-refractivity contribution in [2.75, 3.05) is 25.0 Å². The van der Waals surface area contributed by atoms with E-state index in [9.17, 15) is 9.18 Å². The van der Waals surface area contributed by atoms with E-state index in [0.29, 0.717) is 29.1 Å². The van der Waals surface area contributed by atoms with Crippen LogP contribution in [0.25, 0.3) is 10.9 Å². The molecule has 0 radical (unpaired) electrons. The molecular formula is C22H24FN5O. The van der Waals surface area contributed by atoms with Crippen LogP contribution in [0, 0.1) is 5.82 Å². The molecule has 2 aromatic carbocycles. The van der Waals surface area contributed by atoms with Gasteiger partial charge in [-0.05, 0) is 49.3 Å². The van der Waals surface area contributed by atoms with Gasteiger partial charge in [-0.1, -0.05) is 25.1 Å². The number of nitrogens with zero attached hydrogens (tertiary/aromatic N) is 3. The van der Waals surface area contributed by atoms with Crippen LogP contribution in [0.2, 0.25) is 0 Å². The van der Waals surface area contributed by atoms with Gasteiger partial charge in [0.15, 0.2) is 0 Å². The molecule has 2 heterocycles. The van der Waals surface area contributed by atoms with Crippen LogP contribution in [-0.2, 0) is 6.42 Å². The van der Waals surface area contributed by atoms with E-state index in [1.165, 1.54) is 12.5 Å². The van der Waals surface area contributed by atoms with Crippen molar-refractivity contribution >= 4 is 22.6 Å². The lowest BCUT2D eigenvalue weighted by atomic mass is 10.0. The van der Waals surface area contributed by atoms with Gasteiger partial charge in [-0.2, -0.15) is 0 Å². The summed E-state index contributed by atoms with van der Waals surface area (Å²) in [5.74, 6) is 0.459. The van der Waals surface area contributed by atoms with Crippen LogP contribution in [0.3, 0.4) is 0 Å². The molecule has 7 heteroatoms. The van der Waals surface area contributed by atoms with E-state index < -0.39 is 5.91 Å². The summed E-state index contributed by atoms with van der Waals surface area (Å²) in [4.78, 5) is 23.4. The van der Waals surface area contributed by atoms with Crippen molar-refractivity contribution < 1.29 is 9.18 Å². The fraction of sp³-hybridized carbons (Fsp3) is 0.318. The molecule has 6 nitrogen and oxygen atoms in total. The molecule has 29 heavy (non-hydrogen) atoms. The molecule has 0 saturated carbocycles. The van der Waals surface area contributed by atoms with Gasteiger partial charge in [-0.15, -0.1) is 0 Å². The lowest BCUT2D eigenvalue weighted by molar-refractivity contribution is 0.100. The quantitative estimate of drug-likeness (QED) is 0.644. The largest absolute Gasteiger partial charge is 0.366 e. The zero-order valence-electron chi connectivity index (χ0n) is 16.4. The van der Waals surface area contributed by atoms with E-state index in [4.69, 9.17) is 5.73 Å². The number of para-hydroxylation sites is 1. The lowest BCUT2D eigenvalue weighted by Crippen LogP contribution is -2.41. The average molecular weight is 393 g/mol. The predicted octanol–water partition coefficient (Wildman–Crippen LogP) is 3.29. The molecule has 0 unspecified atom stereocenters. The van der Waals surface area contributed by atoms with Gasteiger partial charge in [0.1, 0.15) is 17.5 Å². The molecule has 1 aliphatic heterocycles. The van der Waals surface area contributed by atoms with Crippen molar-refractivity contribution in [3.8, 4) is 0 Å². The Kier molecular flexibility index (Phi) is 5.40. The number of likely N-dealkylation sites (tertiary alicyclic amines) is 1. The number of aryl methyl sites for hydroxylation is 1. The lowest BCUT2D eigenvalue weighted by Gasteiger charge is -2.35. The number of fused-ring (bicyclic) bond motifs is 1. The summed E-state index contributed by atoms with van der Waals surface area (Å²) in [5.41, 5.74) is 7.31. The van der Waals surface area contributed by atoms with Crippen LogP contribution < -0.4 is 11.1 Å². The van der Waals surface area contributed by atoms with Gasteiger partial charge in [-0.25, -0.2) is 14.4 Å². The molecule has 1 atom stereocenters. The number of nitrogens with two attached hydrogens (primary N) is 1. The number of carbonyl (C=O) groups is 1. The smallest absolute Gasteiger partial charge is 0.250 e. The number of rotatable bonds is 7. The molecule has 3 aromatic rings. The zero-order valence-corrected chi connectivity index (χ0v) is 16.4. The highest BCUT2D eigenvalue weighted by Crippen LogP contribution is 2.28. The second kappa shape index (κ2) is 8.13. The molecule has 3 N–H and O–H groups in total. The van der Waals surface area contributed by atoms with Crippen LogP contribution >= 0.6 is 0 Å². The van der Waals surface area contributed by atoms with E-state index in [-0.39, 0.29) is 11.9 Å². The standard InChI is InChI=1S/C22H24FN5O/c1-2-19-26-20-16(21(24)29)8-4-9-17(20)22(27-19)25-18(13-28-10-5-11-28)14-6-3-7-15(23)12-14/h3-4,6-9,12,18H,2,5,10-11,13H2,1H3,(H2,24,29)(H,25,26,27)/t18-/m1/s1. The predicted molar refractivity (Wildman–Crippen MR) is 111 cm³/mol. The number of primary amides is 1. The number of halogens is 1. The van der Waals surface area contributed by atoms with E-state index in [2.05, 4.69) is 20.2 Å². The van der Waals surface area contributed by atoms with Gasteiger partial charge < -0.3 is 16.0 Å². The third kappa shape index (κ3) is 4.05. The van der Waals surface area contributed by atoms with E-state index in [1.54, 1.807) is 24.3 Å². The van der Waals surface area contributed by atoms with Crippen molar-refractivity contribution in [2.24, 2.45) is 5.73 Å². The molecule has 0 aliphatic carbocycles. The summed E-state index contributed by atoms with van der Waals surface area (Å²) >= 11 is 0. The first-order valence-electron chi connectivity index (χ1n) is 9.89. The van der Waals surface area contributed by atoms with Crippen LogP contribution in [0.5, 0.6) is 0 Å². The molecule has 0 spiro atoms. The normalized spacial score (nSPS) is 15.1. The maximum absolute atomic E-state index is 13.9. The molecule has 4 rings (SSSR count). The SMILES string of the molecule is CCc1nc(N[C@H](CN2CCC2)c2cccc(F)c2)c2cccc(C(N)=O)c2n1. The van der Waals surface area contributed by atoms with Crippen molar-refractivity contribution in [1.82, 2.24) is 14.9 Å². The van der Waals surface area contributed by atoms with E-state index in [1.807, 2.05) is 19.1 Å². The maximum atomic E-state index is 13.9. The third-order valence-corrected chi connectivity index (χ3v) is 5.31. The van der Waals surface area contributed by atoms with Crippen LogP contribution in [-0.4, -0.2) is 40.4 Å². The van der Waals surface area contributed by atoms with E-state index in [0.717, 1.165) is 30.6 Å². The van der Waals surface area contributed by atoms with Crippen molar-refractivity contribution in [3.05, 3.63) is 65.2 Å². The Bertz CT molecular complexity index is 1050. The molecule has 150 valence electrons. The van der Waals surface area contributed by atoms with Crippen LogP contribution in [0.4, 0.5) is 10.2 Å². The van der Waals surface area contributed by atoms with Gasteiger partial charge in [0.05, 0.1) is 17.1 Å². The summed E-state index contributed by atoms with van der Waals surface area (Å²) in [5, 5.41) is 4.22. The first-order chi connectivity index (χ1) is 14.0. The minimum absolute atomic E-state index is 0.147. The Morgan fingerprint density at radius 1 is 1.24 bits per heavy atom. The average Bonchev–Trinajstić information content (AvgIpc) is 2.68. The minimum Gasteiger partial charge on any atom is -0.366 e. The summed E-state index contributed by atoms with van der Waals surface area (Å²) in [7, 11) is 0. The molecule has 1 fully saturated rings. The van der Waals surface area contributed by atoms with Gasteiger partial charge >= 0.3 is 0 Å². The Hall–Kier alpha value is -3.06. The summed E-state index contributed by atoms with van der Waals surface area (Å²) in [6.45, 7) is 4.77. The molecule has 1 amide bonds. The molecule has 1 aliphatic rings. The number of nitrogens with one attached hydrogen (secondary N) is 1. The number of amides is 1. The first kappa shape index (κ1) is 19.3. The molecule has 0 bridgehead atoms. The number of hydrogen-bond acceptors (Lipinski definition) is 5. The van der Waals surface area contributed by atoms with Gasteiger partial charge in [0.25, 0.3) is 5.91 Å². The number of hydrogen-bond donors (Lipinski definition) is 2. The second-order valence-electron chi connectivity index (χ2n) is 7.31. The Labute approximate surface area is 168 Å². The third-order valence-electron chi connectivity index (χ3n) is 5.31. The fourth-order valence-electron chi connectivity index (χ4n) is 3.61. The molecule has 1 saturated heterocycles. The number of carbonyl (C=O) groups excluding carboxylic acids is 1. The number of benzene rings is 2. The monoisotopic (exact) mass is 393 g/mol. The summed E-state index contributed by atoms with van der Waals surface area (Å²) < 4.78 is 13.9. The Morgan fingerprint density at radius 3 is 2.69 bits per heavy atom. The minimum atomic E-state index is -0.524. The topological polar surface area (TPSA) is 84.1 Å². The number of anilines is 1. The zero-order chi connectivity index (χ0) is 20.4. The van der Waals surface area contributed by atoms with Crippen LogP contribution in [0.1, 0.15) is 41.1 Å². The first-order valence-corrected chi connectivity index (χ1v) is 9.89. The highest BCUT2D eigenvalue weighted by molar-refractivity contribution is 6.07. The van der Waals surface area contributed by atoms with Gasteiger partial charge in [0, 0.05) is 18.4 Å². The van der Waals surface area contributed by atoms with Crippen molar-refractivity contribution in [2.45, 2.75) is 25.8 Å². The second-order valence-corrected chi connectivity index (χ2v) is 7.31. The van der Waals surface area contributed by atoms with Crippen molar-refractivity contribution in [1.29, 1.82) is 0 Å². The van der Waals surface area contributed by atoms with Crippen LogP contribution in [0.15, 0.2) is 42.5 Å². The molecular weight excluding hydrogens is 369 g/mol. The molecule has 1 aromatic heterocycles. The fourth-order valence-corrected chi connectivity index (χ4v) is 3.61. The summed E-state index contributed by atoms with van der Waals surface area (Å²) in [6.07, 6.45) is 1.79. The maximum Gasteiger partial charge on any atom is 0.250 e. The Balaban J connectivity index is 1.78. The van der Waals surface area contributed by atoms with Crippen molar-refractivity contribution in [3.63, 3.8) is 0 Å². The van der Waals surface area contributed by atoms with Gasteiger partial charge in [0.2, 0.25) is 0 Å². The Morgan fingerprint density at radius 2 is 2.03 bits per heavy atom. The van der Waals surface area contributed by atoms with E-state index >= 15 is 0 Å². The number of aromatic nitrogens is 2.